The van der Waals surface area contributed by atoms with Gasteiger partial charge in [-0.1, -0.05) is 0 Å². The molecule has 0 N–H and O–H groups in total. The van der Waals surface area contributed by atoms with E-state index in [1.54, 1.807) is 0 Å². The van der Waals surface area contributed by atoms with Gasteiger partial charge in [0.25, 0.3) is 0 Å². The molecular formula is C18H21N5. The van der Waals surface area contributed by atoms with Crippen LogP contribution in [0.4, 0.5) is 0 Å². The van der Waals surface area contributed by atoms with Crippen molar-refractivity contribution in [1.82, 2.24) is 24.4 Å². The smallest absolute Gasteiger partial charge is 0.159 e. The molecule has 1 fully saturated rings. The molecule has 0 spiro atoms. The molecule has 3 aromatic heterocycles. The Bertz CT molecular complexity index is 796. The van der Waals surface area contributed by atoms with E-state index in [2.05, 4.69) is 44.6 Å². The fourth-order valence-electron chi connectivity index (χ4n) is 3.53. The highest BCUT2D eigenvalue weighted by Gasteiger charge is 2.28. The van der Waals surface area contributed by atoms with Crippen molar-refractivity contribution >= 4 is 11.2 Å². The maximum atomic E-state index is 4.87. The summed E-state index contributed by atoms with van der Waals surface area (Å²) in [5.41, 5.74) is 3.35. The summed E-state index contributed by atoms with van der Waals surface area (Å²) in [5, 5.41) is 0. The third kappa shape index (κ3) is 2.72. The SMILES string of the molecule is CCn1c([C@H]2CCN(Cc3ccncc3)C2)nc2cccnc21. The molecule has 5 heteroatoms. The first-order valence-corrected chi connectivity index (χ1v) is 8.27. The Morgan fingerprint density at radius 2 is 2.04 bits per heavy atom. The first kappa shape index (κ1) is 14.3. The second-order valence-electron chi connectivity index (χ2n) is 6.14. The Kier molecular flexibility index (Phi) is 3.79. The van der Waals surface area contributed by atoms with Gasteiger partial charge in [0.1, 0.15) is 11.3 Å². The highest BCUT2D eigenvalue weighted by atomic mass is 15.2. The van der Waals surface area contributed by atoms with Gasteiger partial charge in [0.2, 0.25) is 0 Å². The lowest BCUT2D eigenvalue weighted by Gasteiger charge is -2.16. The Labute approximate surface area is 136 Å². The van der Waals surface area contributed by atoms with Crippen LogP contribution >= 0.6 is 0 Å². The quantitative estimate of drug-likeness (QED) is 0.743. The predicted octanol–water partition coefficient (Wildman–Crippen LogP) is 2.84. The number of nitrogens with zero attached hydrogens (tertiary/aromatic N) is 5. The van der Waals surface area contributed by atoms with Gasteiger partial charge < -0.3 is 4.57 Å². The van der Waals surface area contributed by atoms with E-state index in [4.69, 9.17) is 4.98 Å². The molecule has 0 aliphatic carbocycles. The summed E-state index contributed by atoms with van der Waals surface area (Å²) in [6.45, 7) is 6.26. The molecule has 0 bridgehead atoms. The van der Waals surface area contributed by atoms with E-state index in [1.807, 2.05) is 24.7 Å². The molecule has 4 rings (SSSR count). The number of aromatic nitrogens is 4. The highest BCUT2D eigenvalue weighted by Crippen LogP contribution is 2.29. The van der Waals surface area contributed by atoms with Crippen molar-refractivity contribution in [2.24, 2.45) is 0 Å². The summed E-state index contributed by atoms with van der Waals surface area (Å²) >= 11 is 0. The van der Waals surface area contributed by atoms with Crippen LogP contribution in [0.2, 0.25) is 0 Å². The Morgan fingerprint density at radius 3 is 2.87 bits per heavy atom. The van der Waals surface area contributed by atoms with Crippen LogP contribution in [-0.2, 0) is 13.1 Å². The summed E-state index contributed by atoms with van der Waals surface area (Å²) in [6, 6.07) is 8.21. The average Bonchev–Trinajstić information content (AvgIpc) is 3.19. The van der Waals surface area contributed by atoms with Crippen molar-refractivity contribution in [3.05, 3.63) is 54.2 Å². The van der Waals surface area contributed by atoms with Crippen LogP contribution in [-0.4, -0.2) is 37.5 Å². The van der Waals surface area contributed by atoms with Gasteiger partial charge in [-0.25, -0.2) is 9.97 Å². The molecule has 1 aliphatic heterocycles. The number of pyridine rings is 2. The van der Waals surface area contributed by atoms with Crippen LogP contribution in [0.1, 0.15) is 30.7 Å². The minimum Gasteiger partial charge on any atom is -0.313 e. The average molecular weight is 307 g/mol. The summed E-state index contributed by atoms with van der Waals surface area (Å²) in [5.74, 6) is 1.68. The number of hydrogen-bond donors (Lipinski definition) is 0. The van der Waals surface area contributed by atoms with Gasteiger partial charge in [0, 0.05) is 44.1 Å². The molecule has 0 radical (unpaired) electrons. The van der Waals surface area contributed by atoms with Crippen LogP contribution in [0.3, 0.4) is 0 Å². The second-order valence-corrected chi connectivity index (χ2v) is 6.14. The maximum Gasteiger partial charge on any atom is 0.159 e. The largest absolute Gasteiger partial charge is 0.313 e. The molecule has 0 aromatic carbocycles. The normalized spacial score (nSPS) is 18.7. The summed E-state index contributed by atoms with van der Waals surface area (Å²) in [7, 11) is 0. The first-order valence-electron chi connectivity index (χ1n) is 8.27. The molecule has 0 amide bonds. The Hall–Kier alpha value is -2.27. The van der Waals surface area contributed by atoms with Gasteiger partial charge in [0.15, 0.2) is 5.65 Å². The van der Waals surface area contributed by atoms with Crippen molar-refractivity contribution in [2.75, 3.05) is 13.1 Å². The topological polar surface area (TPSA) is 46.8 Å². The summed E-state index contributed by atoms with van der Waals surface area (Å²) in [6.07, 6.45) is 6.74. The third-order valence-corrected chi connectivity index (χ3v) is 4.64. The molecule has 118 valence electrons. The fraction of sp³-hybridized carbons (Fsp3) is 0.389. The molecule has 0 saturated carbocycles. The van der Waals surface area contributed by atoms with E-state index in [0.717, 1.165) is 43.8 Å². The van der Waals surface area contributed by atoms with Crippen molar-refractivity contribution < 1.29 is 0 Å². The predicted molar refractivity (Wildman–Crippen MR) is 90.1 cm³/mol. The van der Waals surface area contributed by atoms with Crippen molar-refractivity contribution in [2.45, 2.75) is 32.4 Å². The van der Waals surface area contributed by atoms with Crippen molar-refractivity contribution in [1.29, 1.82) is 0 Å². The number of hydrogen-bond acceptors (Lipinski definition) is 4. The summed E-state index contributed by atoms with van der Waals surface area (Å²) < 4.78 is 2.27. The van der Waals surface area contributed by atoms with E-state index >= 15 is 0 Å². The van der Waals surface area contributed by atoms with Crippen molar-refractivity contribution in [3.8, 4) is 0 Å². The zero-order valence-electron chi connectivity index (χ0n) is 13.4. The van der Waals surface area contributed by atoms with Gasteiger partial charge in [0.05, 0.1) is 0 Å². The Balaban J connectivity index is 1.56. The standard InChI is InChI=1S/C18H21N5/c1-2-23-17(21-16-4-3-8-20-18(16)23)15-7-11-22(13-15)12-14-5-9-19-10-6-14/h3-6,8-10,15H,2,7,11-13H2,1H3/t15-/m0/s1. The maximum absolute atomic E-state index is 4.87. The summed E-state index contributed by atoms with van der Waals surface area (Å²) in [4.78, 5) is 16.0. The van der Waals surface area contributed by atoms with E-state index in [-0.39, 0.29) is 0 Å². The Morgan fingerprint density at radius 1 is 1.17 bits per heavy atom. The van der Waals surface area contributed by atoms with E-state index in [9.17, 15) is 0 Å². The molecule has 1 atom stereocenters. The van der Waals surface area contributed by atoms with E-state index in [0.29, 0.717) is 5.92 Å². The zero-order chi connectivity index (χ0) is 15.6. The van der Waals surface area contributed by atoms with Gasteiger partial charge in [-0.2, -0.15) is 0 Å². The van der Waals surface area contributed by atoms with Gasteiger partial charge >= 0.3 is 0 Å². The second kappa shape index (κ2) is 6.08. The molecular weight excluding hydrogens is 286 g/mol. The molecule has 4 heterocycles. The van der Waals surface area contributed by atoms with Crippen LogP contribution in [0, 0.1) is 0 Å². The molecule has 3 aromatic rings. The molecule has 23 heavy (non-hydrogen) atoms. The molecule has 0 unspecified atom stereocenters. The first-order chi connectivity index (χ1) is 11.3. The minimum atomic E-state index is 0.492. The number of rotatable bonds is 4. The van der Waals surface area contributed by atoms with Crippen molar-refractivity contribution in [3.63, 3.8) is 0 Å². The number of fused-ring (bicyclic) bond motifs is 1. The van der Waals surface area contributed by atoms with Crippen LogP contribution < -0.4 is 0 Å². The number of aryl methyl sites for hydroxylation is 1. The van der Waals surface area contributed by atoms with Crippen LogP contribution in [0.5, 0.6) is 0 Å². The number of imidazole rings is 1. The molecule has 5 nitrogen and oxygen atoms in total. The lowest BCUT2D eigenvalue weighted by Crippen LogP contribution is -2.20. The van der Waals surface area contributed by atoms with Crippen LogP contribution in [0.25, 0.3) is 11.2 Å². The van der Waals surface area contributed by atoms with Gasteiger partial charge in [-0.15, -0.1) is 0 Å². The third-order valence-electron chi connectivity index (χ3n) is 4.64. The molecule has 1 saturated heterocycles. The van der Waals surface area contributed by atoms with Crippen LogP contribution in [0.15, 0.2) is 42.9 Å². The number of likely N-dealkylation sites (tertiary alicyclic amines) is 1. The fourth-order valence-corrected chi connectivity index (χ4v) is 3.53. The van der Waals surface area contributed by atoms with Gasteiger partial charge in [-0.05, 0) is 49.7 Å². The lowest BCUT2D eigenvalue weighted by atomic mass is 10.1. The monoisotopic (exact) mass is 307 g/mol. The lowest BCUT2D eigenvalue weighted by molar-refractivity contribution is 0.325. The minimum absolute atomic E-state index is 0.492. The van der Waals surface area contributed by atoms with E-state index < -0.39 is 0 Å². The molecule has 1 aliphatic rings. The van der Waals surface area contributed by atoms with E-state index in [1.165, 1.54) is 11.4 Å². The zero-order valence-corrected chi connectivity index (χ0v) is 13.4. The van der Waals surface area contributed by atoms with Gasteiger partial charge in [-0.3, -0.25) is 9.88 Å². The highest BCUT2D eigenvalue weighted by molar-refractivity contribution is 5.71.